The molecule has 0 heterocycles. The van der Waals surface area contributed by atoms with Gasteiger partial charge in [0.2, 0.25) is 0 Å². The minimum atomic E-state index is -0.760. The third-order valence-electron chi connectivity index (χ3n) is 12.3. The standard InChI is InChI=1S/C54H104O6/c1-5-7-9-11-13-15-17-18-22-26-30-34-38-42-46-53(56)59-49-51(48-58-52(55)45-41-37-33-29-24-16-14-12-10-8-6-2)60-54(57)47-43-39-35-31-27-23-20-19-21-25-28-32-36-40-44-50(3)4/h50-51H,5-49H2,1-4H3/t51-/m0/s1. The highest BCUT2D eigenvalue weighted by Crippen LogP contribution is 2.17. The van der Waals surface area contributed by atoms with E-state index >= 15 is 0 Å². The van der Waals surface area contributed by atoms with E-state index in [2.05, 4.69) is 27.7 Å². The Morgan fingerprint density at radius 2 is 0.550 bits per heavy atom. The first-order valence-electron chi connectivity index (χ1n) is 26.9. The zero-order valence-electron chi connectivity index (χ0n) is 40.9. The Morgan fingerprint density at radius 3 is 0.817 bits per heavy atom. The molecule has 0 aromatic heterocycles. The van der Waals surface area contributed by atoms with Crippen LogP contribution in [0.15, 0.2) is 0 Å². The van der Waals surface area contributed by atoms with Crippen LogP contribution in [0.4, 0.5) is 0 Å². The Labute approximate surface area is 374 Å². The molecule has 356 valence electrons. The van der Waals surface area contributed by atoms with Crippen LogP contribution in [-0.2, 0) is 28.6 Å². The molecule has 0 spiro atoms. The zero-order chi connectivity index (χ0) is 43.8. The van der Waals surface area contributed by atoms with Gasteiger partial charge in [0.1, 0.15) is 13.2 Å². The number of ether oxygens (including phenoxy) is 3. The molecule has 0 aromatic carbocycles. The van der Waals surface area contributed by atoms with Crippen LogP contribution in [0.3, 0.4) is 0 Å². The van der Waals surface area contributed by atoms with Crippen LogP contribution in [0.1, 0.15) is 304 Å². The molecule has 1 atom stereocenters. The molecule has 0 saturated heterocycles. The van der Waals surface area contributed by atoms with Crippen LogP contribution in [0.25, 0.3) is 0 Å². The highest BCUT2D eigenvalue weighted by atomic mass is 16.6. The van der Waals surface area contributed by atoms with E-state index in [1.807, 2.05) is 0 Å². The Bertz CT molecular complexity index is 903. The van der Waals surface area contributed by atoms with E-state index in [-0.39, 0.29) is 31.1 Å². The summed E-state index contributed by atoms with van der Waals surface area (Å²) in [7, 11) is 0. The van der Waals surface area contributed by atoms with E-state index in [0.29, 0.717) is 19.3 Å². The van der Waals surface area contributed by atoms with Crippen molar-refractivity contribution in [3.63, 3.8) is 0 Å². The molecule has 0 saturated carbocycles. The number of carbonyl (C=O) groups is 3. The lowest BCUT2D eigenvalue weighted by Crippen LogP contribution is -2.30. The molecular formula is C54H104O6. The van der Waals surface area contributed by atoms with Crippen molar-refractivity contribution in [1.29, 1.82) is 0 Å². The van der Waals surface area contributed by atoms with Gasteiger partial charge in [-0.1, -0.05) is 265 Å². The summed E-state index contributed by atoms with van der Waals surface area (Å²) >= 11 is 0. The van der Waals surface area contributed by atoms with Crippen LogP contribution in [0, 0.1) is 5.92 Å². The Balaban J connectivity index is 4.28. The van der Waals surface area contributed by atoms with Gasteiger partial charge in [0.05, 0.1) is 0 Å². The first-order chi connectivity index (χ1) is 29.4. The molecule has 0 aliphatic rings. The Hall–Kier alpha value is -1.59. The van der Waals surface area contributed by atoms with Crippen LogP contribution < -0.4 is 0 Å². The second-order valence-electron chi connectivity index (χ2n) is 19.0. The van der Waals surface area contributed by atoms with Gasteiger partial charge in [-0.2, -0.15) is 0 Å². The van der Waals surface area contributed by atoms with E-state index in [4.69, 9.17) is 14.2 Å². The summed E-state index contributed by atoms with van der Waals surface area (Å²) in [4.78, 5) is 38.0. The summed E-state index contributed by atoms with van der Waals surface area (Å²) in [5, 5.41) is 0. The summed E-state index contributed by atoms with van der Waals surface area (Å²) in [6, 6.07) is 0. The molecule has 0 aliphatic carbocycles. The third-order valence-corrected chi connectivity index (χ3v) is 12.3. The van der Waals surface area contributed by atoms with Crippen molar-refractivity contribution in [1.82, 2.24) is 0 Å². The largest absolute Gasteiger partial charge is 0.462 e. The summed E-state index contributed by atoms with van der Waals surface area (Å²) in [5.74, 6) is 0.00216. The van der Waals surface area contributed by atoms with E-state index in [9.17, 15) is 14.4 Å². The maximum atomic E-state index is 12.8. The summed E-state index contributed by atoms with van der Waals surface area (Å²) in [6.45, 7) is 9.04. The van der Waals surface area contributed by atoms with Gasteiger partial charge in [-0.3, -0.25) is 14.4 Å². The van der Waals surface area contributed by atoms with E-state index in [0.717, 1.165) is 63.7 Å². The summed E-state index contributed by atoms with van der Waals surface area (Å²) in [6.07, 6.45) is 50.8. The van der Waals surface area contributed by atoms with Crippen molar-refractivity contribution in [2.75, 3.05) is 13.2 Å². The number of unbranched alkanes of at least 4 members (excludes halogenated alkanes) is 36. The molecule has 6 heteroatoms. The molecule has 0 aromatic rings. The minimum absolute atomic E-state index is 0.0623. The van der Waals surface area contributed by atoms with Crippen LogP contribution >= 0.6 is 0 Å². The van der Waals surface area contributed by atoms with Crippen LogP contribution in [0.5, 0.6) is 0 Å². The van der Waals surface area contributed by atoms with Gasteiger partial charge in [0.25, 0.3) is 0 Å². The summed E-state index contributed by atoms with van der Waals surface area (Å²) < 4.78 is 16.8. The lowest BCUT2D eigenvalue weighted by Gasteiger charge is -2.18. The first kappa shape index (κ1) is 58.4. The Kier molecular flexibility index (Phi) is 47.2. The van der Waals surface area contributed by atoms with Crippen molar-refractivity contribution in [3.8, 4) is 0 Å². The molecule has 0 N–H and O–H groups in total. The topological polar surface area (TPSA) is 78.9 Å². The minimum Gasteiger partial charge on any atom is -0.462 e. The fourth-order valence-corrected chi connectivity index (χ4v) is 8.22. The van der Waals surface area contributed by atoms with Crippen molar-refractivity contribution in [3.05, 3.63) is 0 Å². The predicted molar refractivity (Wildman–Crippen MR) is 257 cm³/mol. The molecule has 60 heavy (non-hydrogen) atoms. The number of rotatable bonds is 49. The van der Waals surface area contributed by atoms with Gasteiger partial charge in [-0.15, -0.1) is 0 Å². The van der Waals surface area contributed by atoms with E-state index < -0.39 is 6.10 Å². The van der Waals surface area contributed by atoms with Gasteiger partial charge in [-0.25, -0.2) is 0 Å². The molecule has 0 bridgehead atoms. The van der Waals surface area contributed by atoms with Crippen LogP contribution in [-0.4, -0.2) is 37.2 Å². The molecule has 0 fully saturated rings. The highest BCUT2D eigenvalue weighted by molar-refractivity contribution is 5.71. The molecular weight excluding hydrogens is 745 g/mol. The van der Waals surface area contributed by atoms with Crippen molar-refractivity contribution in [2.24, 2.45) is 5.92 Å². The Morgan fingerprint density at radius 1 is 0.317 bits per heavy atom. The molecule has 0 aliphatic heterocycles. The van der Waals surface area contributed by atoms with E-state index in [1.165, 1.54) is 199 Å². The number of hydrogen-bond donors (Lipinski definition) is 0. The smallest absolute Gasteiger partial charge is 0.306 e. The molecule has 0 amide bonds. The molecule has 0 radical (unpaired) electrons. The van der Waals surface area contributed by atoms with E-state index in [1.54, 1.807) is 0 Å². The van der Waals surface area contributed by atoms with Crippen molar-refractivity contribution < 1.29 is 28.6 Å². The number of carbonyl (C=O) groups excluding carboxylic acids is 3. The summed E-state index contributed by atoms with van der Waals surface area (Å²) in [5.41, 5.74) is 0. The normalized spacial score (nSPS) is 11.9. The monoisotopic (exact) mass is 849 g/mol. The lowest BCUT2D eigenvalue weighted by atomic mass is 10.0. The zero-order valence-corrected chi connectivity index (χ0v) is 40.9. The average molecular weight is 849 g/mol. The van der Waals surface area contributed by atoms with Crippen LogP contribution in [0.2, 0.25) is 0 Å². The molecule has 6 nitrogen and oxygen atoms in total. The number of esters is 3. The fraction of sp³-hybridized carbons (Fsp3) is 0.944. The molecule has 0 rings (SSSR count). The van der Waals surface area contributed by atoms with Gasteiger partial charge < -0.3 is 14.2 Å². The maximum Gasteiger partial charge on any atom is 0.306 e. The fourth-order valence-electron chi connectivity index (χ4n) is 8.22. The first-order valence-corrected chi connectivity index (χ1v) is 26.9. The second kappa shape index (κ2) is 48.4. The molecule has 0 unspecified atom stereocenters. The average Bonchev–Trinajstić information content (AvgIpc) is 3.23. The quantitative estimate of drug-likeness (QED) is 0.0345. The third kappa shape index (κ3) is 47.5. The second-order valence-corrected chi connectivity index (χ2v) is 19.0. The van der Waals surface area contributed by atoms with Gasteiger partial charge in [-0.05, 0) is 25.2 Å². The number of hydrogen-bond acceptors (Lipinski definition) is 6. The predicted octanol–water partition coefficient (Wildman–Crippen LogP) is 17.5. The van der Waals surface area contributed by atoms with Crippen molar-refractivity contribution in [2.45, 2.75) is 310 Å². The van der Waals surface area contributed by atoms with Crippen molar-refractivity contribution >= 4 is 17.9 Å². The maximum absolute atomic E-state index is 12.8. The lowest BCUT2D eigenvalue weighted by molar-refractivity contribution is -0.167. The SMILES string of the molecule is CCCCCCCCCCCCCCCCC(=O)OC[C@H](COC(=O)CCCCCCCCCCCCC)OC(=O)CCCCCCCCCCCCCCCCC(C)C. The van der Waals surface area contributed by atoms with Gasteiger partial charge >= 0.3 is 17.9 Å². The highest BCUT2D eigenvalue weighted by Gasteiger charge is 2.19. The van der Waals surface area contributed by atoms with Gasteiger partial charge in [0.15, 0.2) is 6.10 Å². The van der Waals surface area contributed by atoms with Gasteiger partial charge in [0, 0.05) is 19.3 Å².